The van der Waals surface area contributed by atoms with E-state index in [1.54, 1.807) is 11.8 Å². The van der Waals surface area contributed by atoms with E-state index in [2.05, 4.69) is 5.32 Å². The van der Waals surface area contributed by atoms with Gasteiger partial charge < -0.3 is 20.9 Å². The number of nitrogens with one attached hydrogen (secondary N) is 1. The van der Waals surface area contributed by atoms with Gasteiger partial charge in [0.1, 0.15) is 18.0 Å². The molecule has 2 aliphatic heterocycles. The first-order chi connectivity index (χ1) is 17.7. The molecule has 0 radical (unpaired) electrons. The molecule has 8 nitrogen and oxygen atoms in total. The zero-order chi connectivity index (χ0) is 26.4. The smallest absolute Gasteiger partial charge is 0.251 e. The molecule has 0 bridgehead atoms. The molecule has 2 amide bonds. The van der Waals surface area contributed by atoms with Gasteiger partial charge in [-0.15, -0.1) is 0 Å². The van der Waals surface area contributed by atoms with E-state index >= 15 is 0 Å². The van der Waals surface area contributed by atoms with E-state index in [1.165, 1.54) is 0 Å². The van der Waals surface area contributed by atoms with Gasteiger partial charge in [0, 0.05) is 11.1 Å². The number of para-hydroxylation sites is 1. The normalized spacial score (nSPS) is 26.4. The van der Waals surface area contributed by atoms with Crippen molar-refractivity contribution in [1.82, 2.24) is 10.2 Å². The average Bonchev–Trinajstić information content (AvgIpc) is 2.89. The van der Waals surface area contributed by atoms with Crippen molar-refractivity contribution in [2.24, 2.45) is 10.7 Å². The lowest BCUT2D eigenvalue weighted by atomic mass is 9.83. The minimum absolute atomic E-state index is 0.0150. The summed E-state index contributed by atoms with van der Waals surface area (Å²) in [6.07, 6.45) is 4.42. The van der Waals surface area contributed by atoms with E-state index in [9.17, 15) is 14.7 Å². The molecule has 2 aromatic rings. The number of rotatable bonds is 5. The third-order valence-electron chi connectivity index (χ3n) is 8.31. The second kappa shape index (κ2) is 9.49. The van der Waals surface area contributed by atoms with Crippen LogP contribution in [-0.4, -0.2) is 45.5 Å². The number of nitrogens with zero attached hydrogens (tertiary/aromatic N) is 2. The number of hydrogen-bond donors (Lipinski definition) is 3. The minimum atomic E-state index is -1.27. The lowest BCUT2D eigenvalue weighted by Crippen LogP contribution is -2.53. The first kappa shape index (κ1) is 25.3. The van der Waals surface area contributed by atoms with Crippen LogP contribution in [0, 0.1) is 0 Å². The maximum atomic E-state index is 13.5. The van der Waals surface area contributed by atoms with Crippen molar-refractivity contribution in [3.63, 3.8) is 0 Å². The van der Waals surface area contributed by atoms with E-state index in [-0.39, 0.29) is 30.4 Å². The van der Waals surface area contributed by atoms with Gasteiger partial charge in [-0.25, -0.2) is 4.99 Å². The Bertz CT molecular complexity index is 1250. The van der Waals surface area contributed by atoms with Crippen LogP contribution in [0.5, 0.6) is 5.75 Å². The first-order valence-electron chi connectivity index (χ1n) is 13.2. The summed E-state index contributed by atoms with van der Waals surface area (Å²) in [7, 11) is 0. The quantitative estimate of drug-likeness (QED) is 0.573. The van der Waals surface area contributed by atoms with Gasteiger partial charge in [0.15, 0.2) is 5.96 Å². The highest BCUT2D eigenvalue weighted by atomic mass is 16.5. The van der Waals surface area contributed by atoms with E-state index < -0.39 is 17.2 Å². The molecule has 2 heterocycles. The summed E-state index contributed by atoms with van der Waals surface area (Å²) < 4.78 is 5.70. The highest BCUT2D eigenvalue weighted by Gasteiger charge is 2.42. The fourth-order valence-electron chi connectivity index (χ4n) is 5.95. The second-order valence-electron chi connectivity index (χ2n) is 10.8. The van der Waals surface area contributed by atoms with Crippen molar-refractivity contribution >= 4 is 17.8 Å². The van der Waals surface area contributed by atoms with Gasteiger partial charge >= 0.3 is 0 Å². The number of aliphatic imine (C=N–C) groups is 1. The summed E-state index contributed by atoms with van der Waals surface area (Å²) in [5.74, 6) is 0.608. The number of nitrogens with two attached hydrogens (primary N) is 1. The Morgan fingerprint density at radius 1 is 1.22 bits per heavy atom. The minimum Gasteiger partial charge on any atom is -0.490 e. The van der Waals surface area contributed by atoms with Crippen LogP contribution in [0.1, 0.15) is 92.0 Å². The monoisotopic (exact) mass is 504 g/mol. The molecule has 1 unspecified atom stereocenters. The second-order valence-corrected chi connectivity index (χ2v) is 10.8. The first-order valence-corrected chi connectivity index (χ1v) is 13.2. The van der Waals surface area contributed by atoms with Crippen molar-refractivity contribution in [2.75, 3.05) is 6.61 Å². The number of carbonyl (C=O) groups excluding carboxylic acids is 2. The number of aliphatic hydroxyl groups is 1. The summed E-state index contributed by atoms with van der Waals surface area (Å²) >= 11 is 0. The number of hydrogen-bond acceptors (Lipinski definition) is 6. The van der Waals surface area contributed by atoms with Crippen LogP contribution < -0.4 is 15.8 Å². The summed E-state index contributed by atoms with van der Waals surface area (Å²) in [6.45, 7) is 5.82. The number of amides is 2. The molecular weight excluding hydrogens is 468 g/mol. The zero-order valence-electron chi connectivity index (χ0n) is 21.8. The van der Waals surface area contributed by atoms with Crippen LogP contribution in [0.25, 0.3) is 0 Å². The molecule has 196 valence electrons. The topological polar surface area (TPSA) is 117 Å². The van der Waals surface area contributed by atoms with Crippen molar-refractivity contribution in [2.45, 2.75) is 82.5 Å². The summed E-state index contributed by atoms with van der Waals surface area (Å²) in [5, 5.41) is 14.0. The van der Waals surface area contributed by atoms with Crippen molar-refractivity contribution in [3.8, 4) is 5.75 Å². The predicted molar refractivity (Wildman–Crippen MR) is 141 cm³/mol. The Labute approximate surface area is 217 Å². The molecule has 0 spiro atoms. The van der Waals surface area contributed by atoms with E-state index in [1.807, 2.05) is 56.3 Å². The predicted octanol–water partition coefficient (Wildman–Crippen LogP) is 3.78. The molecular formula is C29H36N4O4. The Morgan fingerprint density at radius 2 is 1.97 bits per heavy atom. The fraction of sp³-hybridized carbons (Fsp3) is 0.483. The molecule has 5 rings (SSSR count). The highest BCUT2D eigenvalue weighted by molar-refractivity contribution is 6.00. The number of carbonyl (C=O) groups is 2. The molecule has 3 atom stereocenters. The third-order valence-corrected chi connectivity index (χ3v) is 8.31. The maximum Gasteiger partial charge on any atom is 0.251 e. The Balaban J connectivity index is 1.45. The van der Waals surface area contributed by atoms with Crippen LogP contribution >= 0.6 is 0 Å². The van der Waals surface area contributed by atoms with E-state index in [0.717, 1.165) is 48.8 Å². The molecule has 0 aromatic heterocycles. The van der Waals surface area contributed by atoms with Crippen LogP contribution in [0.2, 0.25) is 0 Å². The Hall–Kier alpha value is -3.39. The summed E-state index contributed by atoms with van der Waals surface area (Å²) in [4.78, 5) is 33.3. The maximum absolute atomic E-state index is 13.5. The molecule has 1 aliphatic carbocycles. The number of benzene rings is 2. The SMILES string of the molecule is CCC1(CC)CC(=O)N(C2CCCc3ccc(C(=O)N[C@@H]4c5ccccc5OC[C@@]4(C)O)cc32)C(N)=N1. The largest absolute Gasteiger partial charge is 0.490 e. The number of aryl methyl sites for hydroxylation is 1. The molecule has 2 aromatic carbocycles. The molecule has 0 saturated carbocycles. The van der Waals surface area contributed by atoms with Crippen LogP contribution in [0.15, 0.2) is 47.5 Å². The lowest BCUT2D eigenvalue weighted by Gasteiger charge is -2.42. The van der Waals surface area contributed by atoms with Crippen LogP contribution in [-0.2, 0) is 11.2 Å². The molecule has 8 heteroatoms. The summed E-state index contributed by atoms with van der Waals surface area (Å²) in [6, 6.07) is 12.2. The molecule has 4 N–H and O–H groups in total. The van der Waals surface area contributed by atoms with Gasteiger partial charge in [0.05, 0.1) is 24.0 Å². The van der Waals surface area contributed by atoms with Gasteiger partial charge in [-0.3, -0.25) is 14.5 Å². The van der Waals surface area contributed by atoms with Crippen LogP contribution in [0.4, 0.5) is 0 Å². The van der Waals surface area contributed by atoms with Crippen molar-refractivity contribution < 1.29 is 19.4 Å². The average molecular weight is 505 g/mol. The third kappa shape index (κ3) is 4.48. The molecule has 37 heavy (non-hydrogen) atoms. The Morgan fingerprint density at radius 3 is 2.70 bits per heavy atom. The van der Waals surface area contributed by atoms with Gasteiger partial charge in [-0.05, 0) is 68.4 Å². The summed E-state index contributed by atoms with van der Waals surface area (Å²) in [5.41, 5.74) is 7.97. The fourth-order valence-corrected chi connectivity index (χ4v) is 5.95. The van der Waals surface area contributed by atoms with Gasteiger partial charge in [-0.1, -0.05) is 38.1 Å². The molecule has 0 fully saturated rings. The van der Waals surface area contributed by atoms with E-state index in [4.69, 9.17) is 15.5 Å². The molecule has 0 saturated heterocycles. The number of ether oxygens (including phenoxy) is 1. The molecule has 3 aliphatic rings. The van der Waals surface area contributed by atoms with Gasteiger partial charge in [0.2, 0.25) is 5.91 Å². The number of guanidine groups is 1. The van der Waals surface area contributed by atoms with E-state index in [0.29, 0.717) is 17.7 Å². The Kier molecular flexibility index (Phi) is 6.48. The lowest BCUT2D eigenvalue weighted by molar-refractivity contribution is -0.131. The highest BCUT2D eigenvalue weighted by Crippen LogP contribution is 2.40. The zero-order valence-corrected chi connectivity index (χ0v) is 21.8. The standard InChI is InChI=1S/C29H36N4O4/c1-4-29(5-2)16-24(34)33(27(30)32-29)22-11-8-9-18-13-14-19(15-21(18)22)26(35)31-25-20-10-6-7-12-23(20)37-17-28(25,3)36/h6-7,10,12-15,22,25,36H,4-5,8-9,11,16-17H2,1-3H3,(H2,30,32)(H,31,35)/t22?,25-,28-/m1/s1. The van der Waals surface area contributed by atoms with Crippen molar-refractivity contribution in [1.29, 1.82) is 0 Å². The van der Waals surface area contributed by atoms with Crippen molar-refractivity contribution in [3.05, 3.63) is 64.7 Å². The van der Waals surface area contributed by atoms with Gasteiger partial charge in [0.25, 0.3) is 5.91 Å². The van der Waals surface area contributed by atoms with Crippen LogP contribution in [0.3, 0.4) is 0 Å². The number of fused-ring (bicyclic) bond motifs is 2. The van der Waals surface area contributed by atoms with Gasteiger partial charge in [-0.2, -0.15) is 0 Å².